The Labute approximate surface area is 133 Å². The van der Waals surface area contributed by atoms with Crippen molar-refractivity contribution in [2.45, 2.75) is 20.4 Å². The van der Waals surface area contributed by atoms with Gasteiger partial charge in [0.2, 0.25) is 0 Å². The molecule has 0 aromatic heterocycles. The van der Waals surface area contributed by atoms with Crippen LogP contribution in [0.2, 0.25) is 0 Å². The number of nitrogens with one attached hydrogen (secondary N) is 1. The van der Waals surface area contributed by atoms with Gasteiger partial charge in [-0.25, -0.2) is 0 Å². The predicted molar refractivity (Wildman–Crippen MR) is 87.9 cm³/mol. The molecule has 0 saturated heterocycles. The Kier molecular flexibility index (Phi) is 7.99. The highest BCUT2D eigenvalue weighted by Gasteiger charge is 2.09. The number of hydrogen-bond acceptors (Lipinski definition) is 3. The average Bonchev–Trinajstić information content (AvgIpc) is 2.38. The molecular weight excluding hydrogens is 372 g/mol. The first-order valence-corrected chi connectivity index (χ1v) is 8.15. The first-order valence-electron chi connectivity index (χ1n) is 6.57. The van der Waals surface area contributed by atoms with E-state index in [1.165, 1.54) is 0 Å². The summed E-state index contributed by atoms with van der Waals surface area (Å²) in [5.41, 5.74) is 1.16. The quantitative estimate of drug-likeness (QED) is 0.682. The third kappa shape index (κ3) is 5.42. The van der Waals surface area contributed by atoms with Gasteiger partial charge < -0.3 is 15.0 Å². The number of nitrogens with zero attached hydrogens (tertiary/aromatic N) is 1. The van der Waals surface area contributed by atoms with Crippen molar-refractivity contribution in [3.63, 3.8) is 0 Å². The summed E-state index contributed by atoms with van der Waals surface area (Å²) >= 11 is 7.03. The standard InChI is InChI=1S/C14H22Br2N2O/c1-4-18(5-2)7-6-17-10-11-8-12(15)9-13(16)14(11)19-3/h8-9,17H,4-7,10H2,1-3H3. The SMILES string of the molecule is CCN(CC)CCNCc1cc(Br)cc(Br)c1OC. The summed E-state index contributed by atoms with van der Waals surface area (Å²) in [6.45, 7) is 9.45. The van der Waals surface area contributed by atoms with Crippen molar-refractivity contribution in [2.24, 2.45) is 0 Å². The number of benzene rings is 1. The van der Waals surface area contributed by atoms with E-state index in [-0.39, 0.29) is 0 Å². The van der Waals surface area contributed by atoms with E-state index in [1.807, 2.05) is 6.07 Å². The van der Waals surface area contributed by atoms with Gasteiger partial charge in [-0.1, -0.05) is 29.8 Å². The Balaban J connectivity index is 2.53. The van der Waals surface area contributed by atoms with Crippen molar-refractivity contribution < 1.29 is 4.74 Å². The third-order valence-corrected chi connectivity index (χ3v) is 4.15. The second-order valence-corrected chi connectivity index (χ2v) is 6.05. The molecular formula is C14H22Br2N2O. The average molecular weight is 394 g/mol. The highest BCUT2D eigenvalue weighted by atomic mass is 79.9. The molecule has 0 bridgehead atoms. The Bertz CT molecular complexity index is 395. The third-order valence-electron chi connectivity index (χ3n) is 3.10. The Morgan fingerprint density at radius 2 is 1.89 bits per heavy atom. The van der Waals surface area contributed by atoms with E-state index in [1.54, 1.807) is 7.11 Å². The normalized spacial score (nSPS) is 11.1. The summed E-state index contributed by atoms with van der Waals surface area (Å²) in [6, 6.07) is 4.09. The minimum atomic E-state index is 0.808. The Morgan fingerprint density at radius 1 is 1.21 bits per heavy atom. The Hall–Kier alpha value is -0.100. The van der Waals surface area contributed by atoms with Crippen LogP contribution >= 0.6 is 31.9 Å². The lowest BCUT2D eigenvalue weighted by atomic mass is 10.2. The van der Waals surface area contributed by atoms with Crippen LogP contribution < -0.4 is 10.1 Å². The fourth-order valence-electron chi connectivity index (χ4n) is 1.97. The minimum Gasteiger partial charge on any atom is -0.495 e. The van der Waals surface area contributed by atoms with Crippen LogP contribution in [0.25, 0.3) is 0 Å². The van der Waals surface area contributed by atoms with Gasteiger partial charge in [-0.05, 0) is 41.2 Å². The lowest BCUT2D eigenvalue weighted by molar-refractivity contribution is 0.302. The topological polar surface area (TPSA) is 24.5 Å². The molecule has 0 unspecified atom stereocenters. The van der Waals surface area contributed by atoms with Gasteiger partial charge in [0.1, 0.15) is 5.75 Å². The van der Waals surface area contributed by atoms with Crippen LogP contribution in [-0.4, -0.2) is 38.2 Å². The van der Waals surface area contributed by atoms with Crippen LogP contribution in [0.5, 0.6) is 5.75 Å². The van der Waals surface area contributed by atoms with Gasteiger partial charge >= 0.3 is 0 Å². The van der Waals surface area contributed by atoms with Crippen LogP contribution in [0.4, 0.5) is 0 Å². The van der Waals surface area contributed by atoms with Gasteiger partial charge in [-0.3, -0.25) is 0 Å². The van der Waals surface area contributed by atoms with Crippen molar-refractivity contribution in [2.75, 3.05) is 33.3 Å². The predicted octanol–water partition coefficient (Wildman–Crippen LogP) is 3.65. The van der Waals surface area contributed by atoms with E-state index in [4.69, 9.17) is 4.74 Å². The fraction of sp³-hybridized carbons (Fsp3) is 0.571. The van der Waals surface area contributed by atoms with Crippen molar-refractivity contribution in [1.82, 2.24) is 10.2 Å². The molecule has 0 aliphatic heterocycles. The second-order valence-electron chi connectivity index (χ2n) is 4.28. The fourth-order valence-corrected chi connectivity index (χ4v) is 3.45. The maximum Gasteiger partial charge on any atom is 0.137 e. The molecule has 19 heavy (non-hydrogen) atoms. The minimum absolute atomic E-state index is 0.808. The number of ether oxygens (including phenoxy) is 1. The van der Waals surface area contributed by atoms with Crippen LogP contribution in [-0.2, 0) is 6.54 Å². The maximum atomic E-state index is 5.43. The van der Waals surface area contributed by atoms with E-state index < -0.39 is 0 Å². The van der Waals surface area contributed by atoms with Gasteiger partial charge in [0, 0.05) is 29.7 Å². The zero-order chi connectivity index (χ0) is 14.3. The van der Waals surface area contributed by atoms with Gasteiger partial charge in [-0.15, -0.1) is 0 Å². The molecule has 1 rings (SSSR count). The van der Waals surface area contributed by atoms with Crippen LogP contribution in [0.1, 0.15) is 19.4 Å². The summed E-state index contributed by atoms with van der Waals surface area (Å²) in [5, 5.41) is 3.47. The van der Waals surface area contributed by atoms with E-state index in [9.17, 15) is 0 Å². The number of hydrogen-bond donors (Lipinski definition) is 1. The molecule has 0 spiro atoms. The van der Waals surface area contributed by atoms with Gasteiger partial charge in [0.25, 0.3) is 0 Å². The van der Waals surface area contributed by atoms with Gasteiger partial charge in [-0.2, -0.15) is 0 Å². The largest absolute Gasteiger partial charge is 0.495 e. The highest BCUT2D eigenvalue weighted by Crippen LogP contribution is 2.32. The Morgan fingerprint density at radius 3 is 2.47 bits per heavy atom. The number of rotatable bonds is 8. The van der Waals surface area contributed by atoms with E-state index in [0.29, 0.717) is 0 Å². The van der Waals surface area contributed by atoms with Crippen molar-refractivity contribution in [1.29, 1.82) is 0 Å². The molecule has 0 atom stereocenters. The van der Waals surface area contributed by atoms with Crippen LogP contribution in [0, 0.1) is 0 Å². The summed E-state index contributed by atoms with van der Waals surface area (Å²) in [7, 11) is 1.70. The molecule has 1 aromatic rings. The summed E-state index contributed by atoms with van der Waals surface area (Å²) in [4.78, 5) is 2.40. The molecule has 1 N–H and O–H groups in total. The van der Waals surface area contributed by atoms with E-state index in [2.05, 4.69) is 62.0 Å². The second kappa shape index (κ2) is 8.95. The molecule has 1 aromatic carbocycles. The molecule has 0 aliphatic rings. The lowest BCUT2D eigenvalue weighted by Crippen LogP contribution is -2.31. The van der Waals surface area contributed by atoms with E-state index >= 15 is 0 Å². The van der Waals surface area contributed by atoms with Gasteiger partial charge in [0.15, 0.2) is 0 Å². The monoisotopic (exact) mass is 392 g/mol. The van der Waals surface area contributed by atoms with Crippen LogP contribution in [0.15, 0.2) is 21.1 Å². The van der Waals surface area contributed by atoms with Crippen molar-refractivity contribution in [3.8, 4) is 5.75 Å². The summed E-state index contributed by atoms with van der Waals surface area (Å²) in [6.07, 6.45) is 0. The molecule has 108 valence electrons. The molecule has 0 radical (unpaired) electrons. The summed E-state index contributed by atoms with van der Waals surface area (Å²) < 4.78 is 7.47. The molecule has 0 saturated carbocycles. The van der Waals surface area contributed by atoms with Crippen molar-refractivity contribution in [3.05, 3.63) is 26.6 Å². The smallest absolute Gasteiger partial charge is 0.137 e. The van der Waals surface area contributed by atoms with Crippen LogP contribution in [0.3, 0.4) is 0 Å². The first-order chi connectivity index (χ1) is 9.12. The number of methoxy groups -OCH3 is 1. The molecule has 0 heterocycles. The molecule has 0 aliphatic carbocycles. The zero-order valence-corrected chi connectivity index (χ0v) is 15.0. The van der Waals surface area contributed by atoms with Crippen molar-refractivity contribution >= 4 is 31.9 Å². The zero-order valence-electron chi connectivity index (χ0n) is 11.8. The maximum absolute atomic E-state index is 5.43. The molecule has 5 heteroatoms. The summed E-state index contributed by atoms with van der Waals surface area (Å²) in [5.74, 6) is 0.901. The number of halogens is 2. The molecule has 0 amide bonds. The van der Waals surface area contributed by atoms with E-state index in [0.717, 1.165) is 53.0 Å². The first kappa shape index (κ1) is 17.0. The van der Waals surface area contributed by atoms with Gasteiger partial charge in [0.05, 0.1) is 11.6 Å². The number of likely N-dealkylation sites (N-methyl/N-ethyl adjacent to an activating group) is 1. The molecule has 3 nitrogen and oxygen atoms in total. The lowest BCUT2D eigenvalue weighted by Gasteiger charge is -2.18. The highest BCUT2D eigenvalue weighted by molar-refractivity contribution is 9.11. The molecule has 0 fully saturated rings.